The minimum atomic E-state index is -0.0105. The lowest BCUT2D eigenvalue weighted by atomic mass is 9.93. The average molecular weight is 332 g/mol. The molecular weight excluding hydrogens is 314 g/mol. The van der Waals surface area contributed by atoms with Crippen molar-refractivity contribution in [3.05, 3.63) is 69.7 Å². The van der Waals surface area contributed by atoms with Crippen molar-refractivity contribution >= 4 is 15.9 Å². The minimum absolute atomic E-state index is 0.0105. The van der Waals surface area contributed by atoms with Gasteiger partial charge in [0.2, 0.25) is 0 Å². The van der Waals surface area contributed by atoms with Crippen LogP contribution in [0.25, 0.3) is 0 Å². The van der Waals surface area contributed by atoms with E-state index in [0.29, 0.717) is 12.8 Å². The third kappa shape index (κ3) is 2.95. The Morgan fingerprint density at radius 3 is 2.75 bits per heavy atom. The Hall–Kier alpha value is -1.16. The predicted octanol–water partition coefficient (Wildman–Crippen LogP) is 4.05. The Labute approximate surface area is 128 Å². The first-order chi connectivity index (χ1) is 9.74. The summed E-state index contributed by atoms with van der Waals surface area (Å²) in [6, 6.07) is 17.3. The van der Waals surface area contributed by atoms with Gasteiger partial charge in [-0.3, -0.25) is 5.32 Å². The Kier molecular flexibility index (Phi) is 4.20. The Bertz CT molecular complexity index is 585. The molecule has 0 aliphatic carbocycles. The largest absolute Gasteiger partial charge is 0.354 e. The van der Waals surface area contributed by atoms with Crippen molar-refractivity contribution in [2.24, 2.45) is 0 Å². The summed E-state index contributed by atoms with van der Waals surface area (Å²) in [6.45, 7) is 2.77. The van der Waals surface area contributed by atoms with E-state index in [-0.39, 0.29) is 6.10 Å². The molecule has 2 aromatic carbocycles. The Morgan fingerprint density at radius 2 is 1.95 bits per heavy atom. The van der Waals surface area contributed by atoms with Gasteiger partial charge in [0, 0.05) is 10.5 Å². The van der Waals surface area contributed by atoms with Crippen LogP contribution in [0.15, 0.2) is 53.0 Å². The van der Waals surface area contributed by atoms with Crippen LogP contribution >= 0.6 is 15.9 Å². The quantitative estimate of drug-likeness (QED) is 0.851. The van der Waals surface area contributed by atoms with Crippen LogP contribution in [-0.2, 0) is 11.2 Å². The molecule has 2 aromatic rings. The minimum Gasteiger partial charge on any atom is -0.354 e. The standard InChI is InChI=1S/C17H18BrNO/c1-12-9-14-7-8-15(18)10-16(14)17(20-11-19-12)13-5-3-2-4-6-13/h2-8,10,12,17,19H,9,11H2,1H3. The summed E-state index contributed by atoms with van der Waals surface area (Å²) >= 11 is 3.58. The second-order valence-electron chi connectivity index (χ2n) is 5.25. The fourth-order valence-electron chi connectivity index (χ4n) is 2.66. The van der Waals surface area contributed by atoms with Crippen LogP contribution in [0, 0.1) is 0 Å². The zero-order chi connectivity index (χ0) is 13.9. The molecule has 1 aliphatic rings. The molecule has 3 heteroatoms. The van der Waals surface area contributed by atoms with Gasteiger partial charge in [-0.15, -0.1) is 0 Å². The molecule has 1 aliphatic heterocycles. The molecule has 0 amide bonds. The normalized spacial score (nSPS) is 22.7. The third-order valence-electron chi connectivity index (χ3n) is 3.70. The van der Waals surface area contributed by atoms with Crippen molar-refractivity contribution in [2.45, 2.75) is 25.5 Å². The van der Waals surface area contributed by atoms with Gasteiger partial charge in [0.1, 0.15) is 6.10 Å². The molecule has 0 saturated carbocycles. The molecule has 1 heterocycles. The van der Waals surface area contributed by atoms with Gasteiger partial charge >= 0.3 is 0 Å². The molecule has 20 heavy (non-hydrogen) atoms. The van der Waals surface area contributed by atoms with Gasteiger partial charge < -0.3 is 4.74 Å². The van der Waals surface area contributed by atoms with E-state index in [1.165, 1.54) is 16.7 Å². The molecule has 0 spiro atoms. The highest BCUT2D eigenvalue weighted by molar-refractivity contribution is 9.10. The van der Waals surface area contributed by atoms with Crippen molar-refractivity contribution in [1.29, 1.82) is 0 Å². The molecule has 2 nitrogen and oxygen atoms in total. The highest BCUT2D eigenvalue weighted by atomic mass is 79.9. The van der Waals surface area contributed by atoms with E-state index in [2.05, 4.69) is 70.6 Å². The van der Waals surface area contributed by atoms with Gasteiger partial charge in [-0.1, -0.05) is 52.3 Å². The van der Waals surface area contributed by atoms with Crippen LogP contribution < -0.4 is 5.32 Å². The lowest BCUT2D eigenvalue weighted by Gasteiger charge is -2.27. The zero-order valence-corrected chi connectivity index (χ0v) is 13.1. The maximum atomic E-state index is 6.09. The number of ether oxygens (including phenoxy) is 1. The number of benzene rings is 2. The molecule has 0 aromatic heterocycles. The molecule has 0 saturated heterocycles. The van der Waals surface area contributed by atoms with Crippen LogP contribution in [0.2, 0.25) is 0 Å². The Morgan fingerprint density at radius 1 is 1.15 bits per heavy atom. The second-order valence-corrected chi connectivity index (χ2v) is 6.17. The van der Waals surface area contributed by atoms with E-state index in [4.69, 9.17) is 4.74 Å². The first-order valence-electron chi connectivity index (χ1n) is 6.92. The van der Waals surface area contributed by atoms with Gasteiger partial charge in [-0.2, -0.15) is 0 Å². The summed E-state index contributed by atoms with van der Waals surface area (Å²) in [5, 5.41) is 3.41. The van der Waals surface area contributed by atoms with Gasteiger partial charge in [-0.05, 0) is 42.2 Å². The fraction of sp³-hybridized carbons (Fsp3) is 0.294. The lowest BCUT2D eigenvalue weighted by molar-refractivity contribution is 0.0553. The maximum Gasteiger partial charge on any atom is 0.110 e. The monoisotopic (exact) mass is 331 g/mol. The summed E-state index contributed by atoms with van der Waals surface area (Å²) in [5.41, 5.74) is 3.81. The van der Waals surface area contributed by atoms with Crippen LogP contribution in [0.5, 0.6) is 0 Å². The van der Waals surface area contributed by atoms with Crippen LogP contribution in [-0.4, -0.2) is 12.8 Å². The summed E-state index contributed by atoms with van der Waals surface area (Å²) in [6.07, 6.45) is 1.01. The van der Waals surface area contributed by atoms with Crippen molar-refractivity contribution in [1.82, 2.24) is 5.32 Å². The molecule has 104 valence electrons. The van der Waals surface area contributed by atoms with Gasteiger partial charge in [-0.25, -0.2) is 0 Å². The van der Waals surface area contributed by atoms with E-state index < -0.39 is 0 Å². The molecule has 2 atom stereocenters. The topological polar surface area (TPSA) is 21.3 Å². The van der Waals surface area contributed by atoms with Gasteiger partial charge in [0.05, 0.1) is 6.73 Å². The third-order valence-corrected chi connectivity index (χ3v) is 4.19. The zero-order valence-electron chi connectivity index (χ0n) is 11.5. The number of hydrogen-bond donors (Lipinski definition) is 1. The van der Waals surface area contributed by atoms with Crippen molar-refractivity contribution < 1.29 is 4.74 Å². The molecule has 1 N–H and O–H groups in total. The summed E-state index contributed by atoms with van der Waals surface area (Å²) in [7, 11) is 0. The Balaban J connectivity index is 2.07. The van der Waals surface area contributed by atoms with Crippen molar-refractivity contribution in [3.8, 4) is 0 Å². The number of hydrogen-bond acceptors (Lipinski definition) is 2. The van der Waals surface area contributed by atoms with Crippen LogP contribution in [0.1, 0.15) is 29.7 Å². The van der Waals surface area contributed by atoms with E-state index >= 15 is 0 Å². The maximum absolute atomic E-state index is 6.09. The summed E-state index contributed by atoms with van der Waals surface area (Å²) in [5.74, 6) is 0. The number of fused-ring (bicyclic) bond motifs is 1. The predicted molar refractivity (Wildman–Crippen MR) is 84.7 cm³/mol. The first kappa shape index (κ1) is 13.8. The molecule has 2 unspecified atom stereocenters. The van der Waals surface area contributed by atoms with Crippen LogP contribution in [0.4, 0.5) is 0 Å². The summed E-state index contributed by atoms with van der Waals surface area (Å²) < 4.78 is 7.19. The smallest absolute Gasteiger partial charge is 0.110 e. The molecular formula is C17H18BrNO. The van der Waals surface area contributed by atoms with Gasteiger partial charge in [0.25, 0.3) is 0 Å². The lowest BCUT2D eigenvalue weighted by Crippen LogP contribution is -2.34. The second kappa shape index (κ2) is 6.08. The fourth-order valence-corrected chi connectivity index (χ4v) is 3.04. The SMILES string of the molecule is CC1Cc2ccc(Br)cc2C(c2ccccc2)OCN1. The highest BCUT2D eigenvalue weighted by Gasteiger charge is 2.22. The molecule has 0 fully saturated rings. The van der Waals surface area contributed by atoms with Gasteiger partial charge in [0.15, 0.2) is 0 Å². The number of halogens is 1. The van der Waals surface area contributed by atoms with E-state index in [1.54, 1.807) is 0 Å². The molecule has 0 radical (unpaired) electrons. The molecule has 0 bridgehead atoms. The number of nitrogens with one attached hydrogen (secondary N) is 1. The molecule has 3 rings (SSSR count). The van der Waals surface area contributed by atoms with E-state index in [9.17, 15) is 0 Å². The van der Waals surface area contributed by atoms with E-state index in [1.807, 2.05) is 6.07 Å². The summed E-state index contributed by atoms with van der Waals surface area (Å²) in [4.78, 5) is 0. The van der Waals surface area contributed by atoms with Crippen LogP contribution in [0.3, 0.4) is 0 Å². The van der Waals surface area contributed by atoms with Crippen molar-refractivity contribution in [2.75, 3.05) is 6.73 Å². The number of rotatable bonds is 1. The first-order valence-corrected chi connectivity index (χ1v) is 7.71. The highest BCUT2D eigenvalue weighted by Crippen LogP contribution is 2.32. The van der Waals surface area contributed by atoms with E-state index in [0.717, 1.165) is 10.9 Å². The van der Waals surface area contributed by atoms with Crippen molar-refractivity contribution in [3.63, 3.8) is 0 Å². The average Bonchev–Trinajstić information content (AvgIpc) is 2.45.